The van der Waals surface area contributed by atoms with Crippen molar-refractivity contribution in [3.63, 3.8) is 0 Å². The van der Waals surface area contributed by atoms with E-state index in [1.54, 1.807) is 6.20 Å². The molecule has 1 saturated heterocycles. The molecule has 0 bridgehead atoms. The average Bonchev–Trinajstić information content (AvgIpc) is 2.80. The number of hydrogen-bond donors (Lipinski definition) is 2. The standard InChI is InChI=1S/C13H21N3O/c1-10(2)17-12-4-3-6-15-13(12)16-9-11-5-7-14-8-11/h3-4,6,10-11,14H,5,7-9H2,1-2H3,(H,15,16). The van der Waals surface area contributed by atoms with Crippen molar-refractivity contribution < 1.29 is 4.74 Å². The van der Waals surface area contributed by atoms with E-state index < -0.39 is 0 Å². The van der Waals surface area contributed by atoms with E-state index >= 15 is 0 Å². The van der Waals surface area contributed by atoms with Crippen LogP contribution in [-0.2, 0) is 0 Å². The first-order valence-electron chi connectivity index (χ1n) is 6.32. The summed E-state index contributed by atoms with van der Waals surface area (Å²) in [6.07, 6.45) is 3.20. The normalized spacial score (nSPS) is 19.6. The summed E-state index contributed by atoms with van der Waals surface area (Å²) in [5.74, 6) is 2.39. The molecule has 4 nitrogen and oxygen atoms in total. The molecule has 0 saturated carbocycles. The van der Waals surface area contributed by atoms with Crippen LogP contribution in [0.1, 0.15) is 20.3 Å². The summed E-state index contributed by atoms with van der Waals surface area (Å²) < 4.78 is 5.72. The molecule has 2 rings (SSSR count). The van der Waals surface area contributed by atoms with E-state index in [4.69, 9.17) is 4.74 Å². The van der Waals surface area contributed by atoms with E-state index in [2.05, 4.69) is 15.6 Å². The zero-order valence-corrected chi connectivity index (χ0v) is 10.6. The molecule has 0 spiro atoms. The molecular formula is C13H21N3O. The second-order valence-corrected chi connectivity index (χ2v) is 4.76. The monoisotopic (exact) mass is 235 g/mol. The van der Waals surface area contributed by atoms with Gasteiger partial charge in [-0.25, -0.2) is 4.98 Å². The van der Waals surface area contributed by atoms with Gasteiger partial charge in [-0.3, -0.25) is 0 Å². The molecule has 1 aliphatic rings. The van der Waals surface area contributed by atoms with E-state index in [1.165, 1.54) is 6.42 Å². The second kappa shape index (κ2) is 5.87. The maximum Gasteiger partial charge on any atom is 0.168 e. The Hall–Kier alpha value is -1.29. The summed E-state index contributed by atoms with van der Waals surface area (Å²) in [6.45, 7) is 7.23. The van der Waals surface area contributed by atoms with Crippen LogP contribution < -0.4 is 15.4 Å². The molecular weight excluding hydrogens is 214 g/mol. The molecule has 0 aliphatic carbocycles. The third-order valence-corrected chi connectivity index (χ3v) is 2.85. The maximum atomic E-state index is 5.72. The van der Waals surface area contributed by atoms with Gasteiger partial charge < -0.3 is 15.4 Å². The van der Waals surface area contributed by atoms with E-state index in [0.29, 0.717) is 5.92 Å². The molecule has 1 aromatic rings. The summed E-state index contributed by atoms with van der Waals surface area (Å²) >= 11 is 0. The Morgan fingerprint density at radius 1 is 1.59 bits per heavy atom. The molecule has 0 amide bonds. The molecule has 17 heavy (non-hydrogen) atoms. The van der Waals surface area contributed by atoms with Crippen LogP contribution in [0.3, 0.4) is 0 Å². The number of anilines is 1. The van der Waals surface area contributed by atoms with Gasteiger partial charge in [-0.05, 0) is 51.4 Å². The summed E-state index contributed by atoms with van der Waals surface area (Å²) in [6, 6.07) is 3.86. The largest absolute Gasteiger partial charge is 0.487 e. The minimum Gasteiger partial charge on any atom is -0.487 e. The van der Waals surface area contributed by atoms with Gasteiger partial charge in [0, 0.05) is 12.7 Å². The van der Waals surface area contributed by atoms with Crippen molar-refractivity contribution in [3.8, 4) is 5.75 Å². The van der Waals surface area contributed by atoms with Crippen molar-refractivity contribution in [1.29, 1.82) is 0 Å². The fourth-order valence-electron chi connectivity index (χ4n) is 2.00. The predicted molar refractivity (Wildman–Crippen MR) is 69.5 cm³/mol. The maximum absolute atomic E-state index is 5.72. The van der Waals surface area contributed by atoms with Crippen molar-refractivity contribution >= 4 is 5.82 Å². The fourth-order valence-corrected chi connectivity index (χ4v) is 2.00. The zero-order valence-electron chi connectivity index (χ0n) is 10.6. The fraction of sp³-hybridized carbons (Fsp3) is 0.615. The van der Waals surface area contributed by atoms with Gasteiger partial charge in [0.15, 0.2) is 11.6 Å². The number of pyridine rings is 1. The molecule has 1 aromatic heterocycles. The summed E-state index contributed by atoms with van der Waals surface area (Å²) in [5, 5.41) is 6.75. The number of rotatable bonds is 5. The number of aromatic nitrogens is 1. The SMILES string of the molecule is CC(C)Oc1cccnc1NCC1CCNC1. The molecule has 1 atom stereocenters. The molecule has 4 heteroatoms. The highest BCUT2D eigenvalue weighted by atomic mass is 16.5. The van der Waals surface area contributed by atoms with Gasteiger partial charge in [-0.2, -0.15) is 0 Å². The number of nitrogens with one attached hydrogen (secondary N) is 2. The van der Waals surface area contributed by atoms with Crippen LogP contribution in [0.4, 0.5) is 5.82 Å². The molecule has 0 aromatic carbocycles. The summed E-state index contributed by atoms with van der Waals surface area (Å²) in [4.78, 5) is 4.34. The van der Waals surface area contributed by atoms with Crippen molar-refractivity contribution in [2.45, 2.75) is 26.4 Å². The lowest BCUT2D eigenvalue weighted by Gasteiger charge is -2.16. The molecule has 1 aliphatic heterocycles. The smallest absolute Gasteiger partial charge is 0.168 e. The summed E-state index contributed by atoms with van der Waals surface area (Å²) in [5.41, 5.74) is 0. The van der Waals surface area contributed by atoms with Crippen LogP contribution in [0, 0.1) is 5.92 Å². The molecule has 94 valence electrons. The molecule has 1 fully saturated rings. The van der Waals surface area contributed by atoms with E-state index in [0.717, 1.165) is 31.2 Å². The molecule has 2 heterocycles. The van der Waals surface area contributed by atoms with Crippen LogP contribution in [0.2, 0.25) is 0 Å². The highest BCUT2D eigenvalue weighted by molar-refractivity contribution is 5.49. The van der Waals surface area contributed by atoms with Gasteiger partial charge in [-0.15, -0.1) is 0 Å². The van der Waals surface area contributed by atoms with Crippen LogP contribution in [0.15, 0.2) is 18.3 Å². The average molecular weight is 235 g/mol. The third-order valence-electron chi connectivity index (χ3n) is 2.85. The first-order chi connectivity index (χ1) is 8.25. The Kier molecular flexibility index (Phi) is 4.20. The van der Waals surface area contributed by atoms with Gasteiger partial charge in [0.2, 0.25) is 0 Å². The molecule has 2 N–H and O–H groups in total. The number of ether oxygens (including phenoxy) is 1. The van der Waals surface area contributed by atoms with Crippen LogP contribution >= 0.6 is 0 Å². The van der Waals surface area contributed by atoms with Crippen molar-refractivity contribution in [3.05, 3.63) is 18.3 Å². The minimum absolute atomic E-state index is 0.174. The van der Waals surface area contributed by atoms with Crippen molar-refractivity contribution in [2.24, 2.45) is 5.92 Å². The van der Waals surface area contributed by atoms with Crippen molar-refractivity contribution in [2.75, 3.05) is 25.0 Å². The van der Waals surface area contributed by atoms with Crippen LogP contribution in [0.5, 0.6) is 5.75 Å². The van der Waals surface area contributed by atoms with Gasteiger partial charge in [-0.1, -0.05) is 0 Å². The topological polar surface area (TPSA) is 46.2 Å². The first-order valence-corrected chi connectivity index (χ1v) is 6.32. The van der Waals surface area contributed by atoms with Crippen LogP contribution in [-0.4, -0.2) is 30.7 Å². The zero-order chi connectivity index (χ0) is 12.1. The molecule has 0 radical (unpaired) electrons. The van der Waals surface area contributed by atoms with Crippen LogP contribution in [0.25, 0.3) is 0 Å². The quantitative estimate of drug-likeness (QED) is 0.818. The Bertz CT molecular complexity index is 348. The van der Waals surface area contributed by atoms with Gasteiger partial charge in [0.05, 0.1) is 6.10 Å². The summed E-state index contributed by atoms with van der Waals surface area (Å²) in [7, 11) is 0. The van der Waals surface area contributed by atoms with E-state index in [1.807, 2.05) is 26.0 Å². The first kappa shape index (κ1) is 12.2. The highest BCUT2D eigenvalue weighted by Crippen LogP contribution is 2.22. The Morgan fingerprint density at radius 2 is 2.47 bits per heavy atom. The highest BCUT2D eigenvalue weighted by Gasteiger charge is 2.15. The Labute approximate surface area is 103 Å². The van der Waals surface area contributed by atoms with Gasteiger partial charge >= 0.3 is 0 Å². The third kappa shape index (κ3) is 3.60. The van der Waals surface area contributed by atoms with E-state index in [-0.39, 0.29) is 6.10 Å². The predicted octanol–water partition coefficient (Wildman–Crippen LogP) is 1.89. The Morgan fingerprint density at radius 3 is 3.18 bits per heavy atom. The lowest BCUT2D eigenvalue weighted by molar-refractivity contribution is 0.243. The Balaban J connectivity index is 1.94. The van der Waals surface area contributed by atoms with E-state index in [9.17, 15) is 0 Å². The lowest BCUT2D eigenvalue weighted by Crippen LogP contribution is -2.18. The minimum atomic E-state index is 0.174. The van der Waals surface area contributed by atoms with Crippen molar-refractivity contribution in [1.82, 2.24) is 10.3 Å². The molecule has 1 unspecified atom stereocenters. The number of hydrogen-bond acceptors (Lipinski definition) is 4. The lowest BCUT2D eigenvalue weighted by atomic mass is 10.1. The number of nitrogens with zero attached hydrogens (tertiary/aromatic N) is 1. The van der Waals surface area contributed by atoms with Gasteiger partial charge in [0.1, 0.15) is 0 Å². The second-order valence-electron chi connectivity index (χ2n) is 4.76. The van der Waals surface area contributed by atoms with Gasteiger partial charge in [0.25, 0.3) is 0 Å².